The topological polar surface area (TPSA) is 72.6 Å². The van der Waals surface area contributed by atoms with Crippen LogP contribution >= 0.6 is 0 Å². The van der Waals surface area contributed by atoms with Gasteiger partial charge in [-0.15, -0.1) is 0 Å². The highest BCUT2D eigenvalue weighted by Gasteiger charge is 2.07. The summed E-state index contributed by atoms with van der Waals surface area (Å²) in [6, 6.07) is 9.07. The first kappa shape index (κ1) is 10.5. The van der Waals surface area contributed by atoms with Crippen LogP contribution in [-0.4, -0.2) is 17.8 Å². The zero-order valence-electron chi connectivity index (χ0n) is 7.59. The molecule has 0 aliphatic heterocycles. The van der Waals surface area contributed by atoms with Crippen LogP contribution in [0.4, 0.5) is 4.79 Å². The number of amides is 1. The number of ether oxygens (including phenoxy) is 1. The van der Waals surface area contributed by atoms with E-state index in [1.54, 1.807) is 12.1 Å². The molecule has 0 heterocycles. The van der Waals surface area contributed by atoms with Crippen molar-refractivity contribution in [3.63, 3.8) is 0 Å². The molecule has 0 bridgehead atoms. The first-order valence-corrected chi connectivity index (χ1v) is 4.18. The predicted molar refractivity (Wildman–Crippen MR) is 51.2 cm³/mol. The average Bonchev–Trinajstić information content (AvgIpc) is 2.18. The van der Waals surface area contributed by atoms with Gasteiger partial charge in [0.2, 0.25) is 0 Å². The molecule has 3 N–H and O–H groups in total. The van der Waals surface area contributed by atoms with Gasteiger partial charge in [-0.2, -0.15) is 0 Å². The second-order valence-electron chi connectivity index (χ2n) is 2.72. The molecule has 4 heteroatoms. The van der Waals surface area contributed by atoms with Gasteiger partial charge in [-0.1, -0.05) is 30.3 Å². The molecule has 0 unspecified atom stereocenters. The van der Waals surface area contributed by atoms with Gasteiger partial charge in [-0.3, -0.25) is 0 Å². The number of hydrogen-bond acceptors (Lipinski definition) is 3. The highest BCUT2D eigenvalue weighted by molar-refractivity contribution is 5.64. The Labute approximate surface area is 82.3 Å². The van der Waals surface area contributed by atoms with Crippen molar-refractivity contribution in [2.75, 3.05) is 6.61 Å². The Balaban J connectivity index is 2.36. The van der Waals surface area contributed by atoms with Gasteiger partial charge < -0.3 is 15.6 Å². The van der Waals surface area contributed by atoms with Crippen molar-refractivity contribution in [3.05, 3.63) is 42.3 Å². The van der Waals surface area contributed by atoms with Crippen molar-refractivity contribution >= 4 is 6.09 Å². The van der Waals surface area contributed by atoms with E-state index in [1.807, 2.05) is 18.2 Å². The average molecular weight is 194 g/mol. The van der Waals surface area contributed by atoms with Gasteiger partial charge in [0.05, 0.1) is 12.7 Å². The molecule has 0 saturated heterocycles. The third kappa shape index (κ3) is 3.45. The molecule has 75 valence electrons. The minimum atomic E-state index is -0.846. The molecule has 1 aromatic carbocycles. The van der Waals surface area contributed by atoms with Gasteiger partial charge in [0, 0.05) is 6.42 Å². The fourth-order valence-corrected chi connectivity index (χ4v) is 1.01. The minimum Gasteiger partial charge on any atom is -0.449 e. The van der Waals surface area contributed by atoms with E-state index in [0.29, 0.717) is 0 Å². The molecule has 1 radical (unpaired) electrons. The van der Waals surface area contributed by atoms with Crippen LogP contribution in [0.3, 0.4) is 0 Å². The van der Waals surface area contributed by atoms with Crippen LogP contribution in [-0.2, 0) is 4.74 Å². The lowest BCUT2D eigenvalue weighted by atomic mass is 10.1. The number of aliphatic hydroxyl groups is 1. The Bertz CT molecular complexity index is 287. The van der Waals surface area contributed by atoms with Crippen LogP contribution in [0.1, 0.15) is 11.7 Å². The monoisotopic (exact) mass is 194 g/mol. The maximum absolute atomic E-state index is 10.2. The molecule has 4 nitrogen and oxygen atoms in total. The largest absolute Gasteiger partial charge is 0.449 e. The number of rotatable bonds is 4. The second kappa shape index (κ2) is 5.24. The van der Waals surface area contributed by atoms with Gasteiger partial charge in [-0.25, -0.2) is 4.79 Å². The lowest BCUT2D eigenvalue weighted by Gasteiger charge is -2.09. The van der Waals surface area contributed by atoms with E-state index in [0.717, 1.165) is 5.56 Å². The number of aliphatic hydroxyl groups excluding tert-OH is 1. The van der Waals surface area contributed by atoms with E-state index in [1.165, 1.54) is 6.42 Å². The molecule has 1 atom stereocenters. The summed E-state index contributed by atoms with van der Waals surface area (Å²) in [7, 11) is 0. The first-order valence-electron chi connectivity index (χ1n) is 4.18. The lowest BCUT2D eigenvalue weighted by molar-refractivity contribution is 0.145. The Morgan fingerprint density at radius 1 is 1.50 bits per heavy atom. The van der Waals surface area contributed by atoms with Crippen LogP contribution in [0.25, 0.3) is 0 Å². The molecule has 1 rings (SSSR count). The third-order valence-corrected chi connectivity index (χ3v) is 1.69. The van der Waals surface area contributed by atoms with Crippen LogP contribution in [0.2, 0.25) is 0 Å². The summed E-state index contributed by atoms with van der Waals surface area (Å²) in [5.74, 6) is 0. The zero-order valence-corrected chi connectivity index (χ0v) is 7.59. The summed E-state index contributed by atoms with van der Waals surface area (Å²) in [5.41, 5.74) is 5.51. The van der Waals surface area contributed by atoms with Gasteiger partial charge in [0.15, 0.2) is 0 Å². The summed E-state index contributed by atoms with van der Waals surface area (Å²) in [6.45, 7) is 0.00535. The van der Waals surface area contributed by atoms with Crippen molar-refractivity contribution in [1.82, 2.24) is 0 Å². The number of primary amides is 1. The summed E-state index contributed by atoms with van der Waals surface area (Å²) in [5, 5.41) is 9.55. The van der Waals surface area contributed by atoms with E-state index in [2.05, 4.69) is 4.74 Å². The van der Waals surface area contributed by atoms with E-state index in [4.69, 9.17) is 5.73 Å². The fraction of sp³-hybridized carbons (Fsp3) is 0.200. The SMILES string of the molecule is NC(=O)OC[CH][C@H](O)c1ccccc1. The molecule has 14 heavy (non-hydrogen) atoms. The molecule has 0 spiro atoms. The second-order valence-corrected chi connectivity index (χ2v) is 2.72. The highest BCUT2D eigenvalue weighted by atomic mass is 16.5. The third-order valence-electron chi connectivity index (χ3n) is 1.69. The van der Waals surface area contributed by atoms with Crippen molar-refractivity contribution < 1.29 is 14.6 Å². The molecule has 0 aliphatic carbocycles. The van der Waals surface area contributed by atoms with Crippen molar-refractivity contribution in [2.24, 2.45) is 5.73 Å². The van der Waals surface area contributed by atoms with Gasteiger partial charge >= 0.3 is 6.09 Å². The van der Waals surface area contributed by atoms with Gasteiger partial charge in [-0.05, 0) is 5.56 Å². The van der Waals surface area contributed by atoms with Crippen molar-refractivity contribution in [3.8, 4) is 0 Å². The molecule has 0 saturated carbocycles. The van der Waals surface area contributed by atoms with Crippen LogP contribution < -0.4 is 5.73 Å². The molecule has 0 aromatic heterocycles. The fourth-order valence-electron chi connectivity index (χ4n) is 1.01. The van der Waals surface area contributed by atoms with Crippen LogP contribution in [0.5, 0.6) is 0 Å². The van der Waals surface area contributed by atoms with Gasteiger partial charge in [0.25, 0.3) is 0 Å². The number of carbonyl (C=O) groups excluding carboxylic acids is 1. The summed E-state index contributed by atoms with van der Waals surface area (Å²) < 4.78 is 4.46. The molecule has 1 amide bonds. The molecule has 0 fully saturated rings. The Hall–Kier alpha value is -1.55. The Morgan fingerprint density at radius 3 is 2.71 bits per heavy atom. The number of benzene rings is 1. The minimum absolute atomic E-state index is 0.00535. The summed E-state index contributed by atoms with van der Waals surface area (Å²) in [4.78, 5) is 10.2. The predicted octanol–water partition coefficient (Wildman–Crippen LogP) is 1.02. The maximum Gasteiger partial charge on any atom is 0.404 e. The number of nitrogens with two attached hydrogens (primary N) is 1. The molecular formula is C10H12NO3. The molecule has 1 aromatic rings. The van der Waals surface area contributed by atoms with Crippen molar-refractivity contribution in [1.29, 1.82) is 0 Å². The van der Waals surface area contributed by atoms with E-state index >= 15 is 0 Å². The van der Waals surface area contributed by atoms with Crippen LogP contribution in [0.15, 0.2) is 30.3 Å². The Kier molecular flexibility index (Phi) is 3.94. The molecule has 0 aliphatic rings. The molecular weight excluding hydrogens is 182 g/mol. The Morgan fingerprint density at radius 2 is 2.14 bits per heavy atom. The normalized spacial score (nSPS) is 12.1. The lowest BCUT2D eigenvalue weighted by Crippen LogP contribution is -2.15. The van der Waals surface area contributed by atoms with Crippen LogP contribution in [0, 0.1) is 6.42 Å². The standard InChI is InChI=1S/C10H12NO3/c11-10(13)14-7-6-9(12)8-4-2-1-3-5-8/h1-6,9,12H,7H2,(H2,11,13)/t9-/m0/s1. The zero-order chi connectivity index (χ0) is 10.4. The van der Waals surface area contributed by atoms with E-state index in [-0.39, 0.29) is 6.61 Å². The first-order chi connectivity index (χ1) is 6.70. The summed E-state index contributed by atoms with van der Waals surface area (Å²) in [6.07, 6.45) is -0.128. The number of hydrogen-bond donors (Lipinski definition) is 2. The maximum atomic E-state index is 10.2. The quantitative estimate of drug-likeness (QED) is 0.751. The summed E-state index contributed by atoms with van der Waals surface area (Å²) >= 11 is 0. The van der Waals surface area contributed by atoms with Crippen molar-refractivity contribution in [2.45, 2.75) is 6.10 Å². The van der Waals surface area contributed by atoms with Gasteiger partial charge in [0.1, 0.15) is 0 Å². The smallest absolute Gasteiger partial charge is 0.404 e. The van der Waals surface area contributed by atoms with E-state index < -0.39 is 12.2 Å². The number of carbonyl (C=O) groups is 1. The highest BCUT2D eigenvalue weighted by Crippen LogP contribution is 2.14. The van der Waals surface area contributed by atoms with E-state index in [9.17, 15) is 9.90 Å².